The Morgan fingerprint density at radius 2 is 2.00 bits per heavy atom. The van der Waals surface area contributed by atoms with Gasteiger partial charge in [0, 0.05) is 72.2 Å². The fourth-order valence-electron chi connectivity index (χ4n) is 4.13. The molecule has 2 heterocycles. The number of ether oxygens (including phenoxy) is 1. The first kappa shape index (κ1) is 23.5. The van der Waals surface area contributed by atoms with Crippen molar-refractivity contribution in [3.63, 3.8) is 0 Å². The van der Waals surface area contributed by atoms with Crippen molar-refractivity contribution in [2.45, 2.75) is 0 Å². The standard InChI is InChI=1S/C30H35N7O2/c1-7-8-13-29(38)32-24-18-25(28(39-6)19-27(24)36(4)17-16-35(2)3)34-30-31-15-14-23(33-30)22-20-37(5)26-12-10-9-11-21(22)26/h7-15,18-20H,1,16-17H2,2-6H3,(H,32,38)(H,31,33,34)/b13-8+/i5D3. The Kier molecular flexibility index (Phi) is 7.39. The molecule has 2 aromatic heterocycles. The molecule has 4 rings (SSSR count). The molecule has 2 aromatic carbocycles. The number of carbonyl (C=O) groups excluding carboxylic acids is 1. The molecular formula is C30H35N7O2. The Hall–Kier alpha value is -4.63. The highest BCUT2D eigenvalue weighted by atomic mass is 16.5. The number of aromatic nitrogens is 3. The summed E-state index contributed by atoms with van der Waals surface area (Å²) in [4.78, 5) is 25.8. The normalized spacial score (nSPS) is 12.7. The van der Waals surface area contributed by atoms with Gasteiger partial charge in [0.1, 0.15) is 5.75 Å². The molecule has 0 fully saturated rings. The van der Waals surface area contributed by atoms with E-state index in [-0.39, 0.29) is 11.9 Å². The van der Waals surface area contributed by atoms with Crippen LogP contribution in [0.15, 0.2) is 79.7 Å². The van der Waals surface area contributed by atoms with E-state index in [4.69, 9.17) is 13.8 Å². The highest BCUT2D eigenvalue weighted by molar-refractivity contribution is 6.02. The van der Waals surface area contributed by atoms with E-state index in [1.54, 1.807) is 49.8 Å². The molecule has 4 aromatic rings. The second kappa shape index (κ2) is 12.3. The number of hydrogen-bond donors (Lipinski definition) is 2. The van der Waals surface area contributed by atoms with Gasteiger partial charge in [-0.15, -0.1) is 0 Å². The van der Waals surface area contributed by atoms with E-state index >= 15 is 0 Å². The summed E-state index contributed by atoms with van der Waals surface area (Å²) in [5.74, 6) is 0.487. The zero-order valence-corrected chi connectivity index (χ0v) is 22.6. The number of nitrogens with one attached hydrogen (secondary N) is 2. The van der Waals surface area contributed by atoms with Gasteiger partial charge in [-0.05, 0) is 32.3 Å². The number of para-hydroxylation sites is 1. The van der Waals surface area contributed by atoms with Crippen LogP contribution in [0.2, 0.25) is 0 Å². The number of benzene rings is 2. The minimum atomic E-state index is -2.34. The van der Waals surface area contributed by atoms with Crippen molar-refractivity contribution in [1.82, 2.24) is 19.4 Å². The van der Waals surface area contributed by atoms with Gasteiger partial charge in [0.2, 0.25) is 11.9 Å². The molecule has 0 atom stereocenters. The van der Waals surface area contributed by atoms with E-state index in [0.717, 1.165) is 17.6 Å². The van der Waals surface area contributed by atoms with Crippen LogP contribution in [0.5, 0.6) is 5.75 Å². The van der Waals surface area contributed by atoms with Crippen LogP contribution in [0, 0.1) is 0 Å². The summed E-state index contributed by atoms with van der Waals surface area (Å²) in [5.41, 5.74) is 3.67. The van der Waals surface area contributed by atoms with E-state index in [2.05, 4.69) is 27.1 Å². The van der Waals surface area contributed by atoms with Crippen LogP contribution in [0.4, 0.5) is 23.0 Å². The number of likely N-dealkylation sites (N-methyl/N-ethyl adjacent to an activating group) is 2. The fraction of sp³-hybridized carbons (Fsp3) is 0.233. The molecule has 9 heteroatoms. The average molecular weight is 529 g/mol. The summed E-state index contributed by atoms with van der Waals surface area (Å²) in [6.45, 7) is 2.79. The third kappa shape index (κ3) is 6.45. The summed E-state index contributed by atoms with van der Waals surface area (Å²) in [7, 11) is 7.51. The maximum atomic E-state index is 12.6. The lowest BCUT2D eigenvalue weighted by Crippen LogP contribution is -2.29. The number of fused-ring (bicyclic) bond motifs is 1. The van der Waals surface area contributed by atoms with Crippen molar-refractivity contribution in [3.8, 4) is 17.0 Å². The zero-order chi connectivity index (χ0) is 30.4. The maximum Gasteiger partial charge on any atom is 0.248 e. The molecule has 0 radical (unpaired) electrons. The molecule has 0 unspecified atom stereocenters. The predicted molar refractivity (Wildman–Crippen MR) is 160 cm³/mol. The number of carbonyl (C=O) groups is 1. The van der Waals surface area contributed by atoms with E-state index in [0.29, 0.717) is 40.4 Å². The van der Waals surface area contributed by atoms with Crippen molar-refractivity contribution in [3.05, 3.63) is 79.7 Å². The van der Waals surface area contributed by atoms with Crippen LogP contribution in [0.25, 0.3) is 22.2 Å². The van der Waals surface area contributed by atoms with Crippen LogP contribution in [-0.2, 0) is 11.8 Å². The summed E-state index contributed by atoms with van der Waals surface area (Å²) < 4.78 is 30.9. The van der Waals surface area contributed by atoms with Gasteiger partial charge in [0.15, 0.2) is 0 Å². The molecule has 0 saturated carbocycles. The van der Waals surface area contributed by atoms with Gasteiger partial charge in [-0.3, -0.25) is 4.79 Å². The molecule has 0 spiro atoms. The topological polar surface area (TPSA) is 87.6 Å². The molecule has 39 heavy (non-hydrogen) atoms. The van der Waals surface area contributed by atoms with Gasteiger partial charge in [-0.1, -0.05) is 36.9 Å². The van der Waals surface area contributed by atoms with Gasteiger partial charge in [0.05, 0.1) is 29.9 Å². The SMILES string of the molecule is [2H]C([2H])([2H])n1cc(-c2ccnc(Nc3cc(NC(=O)/C=C/C=C)c(N(C)CCN(C)C)cc3OC)n2)c2ccccc21. The summed E-state index contributed by atoms with van der Waals surface area (Å²) in [5, 5.41) is 6.92. The van der Waals surface area contributed by atoms with Crippen LogP contribution in [0.3, 0.4) is 0 Å². The molecule has 9 nitrogen and oxygen atoms in total. The second-order valence-corrected chi connectivity index (χ2v) is 9.20. The summed E-state index contributed by atoms with van der Waals surface area (Å²) in [6.07, 6.45) is 7.69. The predicted octanol–water partition coefficient (Wildman–Crippen LogP) is 5.07. The molecule has 202 valence electrons. The van der Waals surface area contributed by atoms with E-state index in [9.17, 15) is 4.79 Å². The lowest BCUT2D eigenvalue weighted by atomic mass is 10.1. The Labute approximate surface area is 233 Å². The molecule has 0 saturated heterocycles. The number of nitrogens with zero attached hydrogens (tertiary/aromatic N) is 5. The van der Waals surface area contributed by atoms with Crippen LogP contribution >= 0.6 is 0 Å². The Bertz CT molecular complexity index is 1610. The number of methoxy groups -OCH3 is 1. The highest BCUT2D eigenvalue weighted by Crippen LogP contribution is 2.38. The molecule has 0 bridgehead atoms. The third-order valence-electron chi connectivity index (χ3n) is 6.14. The van der Waals surface area contributed by atoms with Crippen molar-refractivity contribution in [1.29, 1.82) is 0 Å². The molecule has 1 amide bonds. The number of hydrogen-bond acceptors (Lipinski definition) is 7. The minimum absolute atomic E-state index is 0.272. The van der Waals surface area contributed by atoms with Crippen molar-refractivity contribution in [2.75, 3.05) is 56.9 Å². The second-order valence-electron chi connectivity index (χ2n) is 9.20. The van der Waals surface area contributed by atoms with Crippen molar-refractivity contribution in [2.24, 2.45) is 6.98 Å². The van der Waals surface area contributed by atoms with Crippen molar-refractivity contribution < 1.29 is 13.6 Å². The Morgan fingerprint density at radius 3 is 2.74 bits per heavy atom. The molecule has 2 N–H and O–H groups in total. The maximum absolute atomic E-state index is 12.6. The van der Waals surface area contributed by atoms with Gasteiger partial charge >= 0.3 is 0 Å². The number of amides is 1. The Morgan fingerprint density at radius 1 is 1.18 bits per heavy atom. The molecule has 0 aliphatic heterocycles. The first-order valence-electron chi connectivity index (χ1n) is 13.9. The number of rotatable bonds is 11. The largest absolute Gasteiger partial charge is 0.494 e. The van der Waals surface area contributed by atoms with Crippen LogP contribution < -0.4 is 20.3 Å². The average Bonchev–Trinajstić information content (AvgIpc) is 3.36. The van der Waals surface area contributed by atoms with Gasteiger partial charge < -0.3 is 29.7 Å². The molecule has 0 aliphatic carbocycles. The monoisotopic (exact) mass is 528 g/mol. The van der Waals surface area contributed by atoms with Crippen LogP contribution in [0.1, 0.15) is 4.11 Å². The third-order valence-corrected chi connectivity index (χ3v) is 6.14. The fourth-order valence-corrected chi connectivity index (χ4v) is 4.13. The molecule has 0 aliphatic rings. The van der Waals surface area contributed by atoms with Gasteiger partial charge in [-0.25, -0.2) is 9.97 Å². The number of allylic oxidation sites excluding steroid dienone is 2. The van der Waals surface area contributed by atoms with Gasteiger partial charge in [0.25, 0.3) is 0 Å². The quantitative estimate of drug-likeness (QED) is 0.208. The lowest BCUT2D eigenvalue weighted by molar-refractivity contribution is -0.111. The van der Waals surface area contributed by atoms with Crippen LogP contribution in [-0.4, -0.2) is 66.7 Å². The highest BCUT2D eigenvalue weighted by Gasteiger charge is 2.17. The zero-order valence-electron chi connectivity index (χ0n) is 25.6. The summed E-state index contributed by atoms with van der Waals surface area (Å²) in [6, 6.07) is 12.7. The number of anilines is 4. The summed E-state index contributed by atoms with van der Waals surface area (Å²) >= 11 is 0. The van der Waals surface area contributed by atoms with E-state index < -0.39 is 6.98 Å². The van der Waals surface area contributed by atoms with E-state index in [1.807, 2.05) is 44.2 Å². The van der Waals surface area contributed by atoms with Gasteiger partial charge in [-0.2, -0.15) is 0 Å². The number of aryl methyl sites for hydroxylation is 1. The first-order valence-corrected chi connectivity index (χ1v) is 12.4. The Balaban J connectivity index is 1.74. The first-order chi connectivity index (χ1) is 20.0. The molecular weight excluding hydrogens is 490 g/mol. The minimum Gasteiger partial charge on any atom is -0.494 e. The lowest BCUT2D eigenvalue weighted by Gasteiger charge is -2.26. The smallest absolute Gasteiger partial charge is 0.248 e. The van der Waals surface area contributed by atoms with Crippen molar-refractivity contribution >= 4 is 39.8 Å². The van der Waals surface area contributed by atoms with E-state index in [1.165, 1.54) is 16.7 Å².